The highest BCUT2D eigenvalue weighted by Crippen LogP contribution is 2.49. The maximum absolute atomic E-state index is 9.50. The molecule has 0 aliphatic rings. The lowest BCUT2D eigenvalue weighted by Crippen LogP contribution is -1.95. The van der Waals surface area contributed by atoms with Gasteiger partial charge in [-0.25, -0.2) is 0 Å². The molecule has 0 heterocycles. The molecule has 0 amide bonds. The van der Waals surface area contributed by atoms with Gasteiger partial charge >= 0.3 is 0 Å². The van der Waals surface area contributed by atoms with Crippen molar-refractivity contribution >= 4 is 21.5 Å². The number of hydrogen-bond donors (Lipinski definition) is 0. The van der Waals surface area contributed by atoms with Crippen LogP contribution in [0.4, 0.5) is 0 Å². The van der Waals surface area contributed by atoms with E-state index >= 15 is 0 Å². The van der Waals surface area contributed by atoms with Gasteiger partial charge in [-0.2, -0.15) is 0 Å². The van der Waals surface area contributed by atoms with Gasteiger partial charge in [-0.3, -0.25) is 0 Å². The predicted octanol–water partition coefficient (Wildman–Crippen LogP) is 12.3. The third kappa shape index (κ3) is 4.49. The topological polar surface area (TPSA) is 0 Å². The van der Waals surface area contributed by atoms with Crippen molar-refractivity contribution in [3.63, 3.8) is 0 Å². The van der Waals surface area contributed by atoms with Gasteiger partial charge in [0, 0.05) is 0 Å². The van der Waals surface area contributed by atoms with Crippen LogP contribution >= 0.6 is 0 Å². The van der Waals surface area contributed by atoms with Crippen LogP contribution in [0.2, 0.25) is 0 Å². The van der Waals surface area contributed by atoms with Gasteiger partial charge in [-0.05, 0) is 83.2 Å². The average molecular weight is 568 g/mol. The summed E-state index contributed by atoms with van der Waals surface area (Å²) in [6, 6.07) is 37.7. The second-order valence-corrected chi connectivity index (χ2v) is 10.6. The Kier molecular flexibility index (Phi) is 4.58. The molecule has 0 saturated heterocycles. The first-order chi connectivity index (χ1) is 25.6. The highest BCUT2D eigenvalue weighted by Gasteiger charge is 2.21. The van der Waals surface area contributed by atoms with Crippen molar-refractivity contribution in [3.8, 4) is 55.6 Å². The molecule has 0 radical (unpaired) electrons. The molecule has 0 fully saturated rings. The molecule has 0 atom stereocenters. The number of rotatable bonds is 5. The number of fused-ring (bicyclic) bond motifs is 2. The molecule has 8 aromatic carbocycles. The van der Waals surface area contributed by atoms with E-state index in [-0.39, 0.29) is 41.8 Å². The molecule has 0 aromatic heterocycles. The Morgan fingerprint density at radius 2 is 0.773 bits per heavy atom. The second-order valence-electron chi connectivity index (χ2n) is 10.6. The molecule has 0 aliphatic carbocycles. The van der Waals surface area contributed by atoms with Crippen molar-refractivity contribution in [2.45, 2.75) is 0 Å². The fraction of sp³-hybridized carbons (Fsp3) is 0. The summed E-state index contributed by atoms with van der Waals surface area (Å²) in [7, 11) is 0. The summed E-state index contributed by atoms with van der Waals surface area (Å²) in [4.78, 5) is 0. The molecule has 0 heteroatoms. The molecule has 8 rings (SSSR count). The molecular weight excluding hydrogens is 528 g/mol. The number of hydrogen-bond acceptors (Lipinski definition) is 0. The van der Waals surface area contributed by atoms with Crippen molar-refractivity contribution in [1.82, 2.24) is 0 Å². The Morgan fingerprint density at radius 1 is 0.295 bits per heavy atom. The van der Waals surface area contributed by atoms with Gasteiger partial charge in [0.15, 0.2) is 0 Å². The molecule has 206 valence electrons. The van der Waals surface area contributed by atoms with E-state index in [4.69, 9.17) is 9.60 Å². The molecule has 0 nitrogen and oxygen atoms in total. The molecule has 8 aromatic rings. The van der Waals surface area contributed by atoms with Crippen molar-refractivity contribution in [1.29, 1.82) is 0 Å². The van der Waals surface area contributed by atoms with Gasteiger partial charge in [-0.1, -0.05) is 176 Å². The fourth-order valence-electron chi connectivity index (χ4n) is 6.20. The first-order valence-corrected chi connectivity index (χ1v) is 14.5. The third-order valence-corrected chi connectivity index (χ3v) is 8.08. The van der Waals surface area contributed by atoms with E-state index in [1.807, 2.05) is 109 Å². The van der Waals surface area contributed by atoms with E-state index in [9.17, 15) is 2.74 Å². The first-order valence-electron chi connectivity index (χ1n) is 19.0. The molecule has 44 heavy (non-hydrogen) atoms. The summed E-state index contributed by atoms with van der Waals surface area (Å²) in [6.07, 6.45) is 0. The quantitative estimate of drug-likeness (QED) is 0.181. The molecular formula is C44H30. The minimum Gasteiger partial charge on any atom is -0.0622 e. The zero-order valence-electron chi connectivity index (χ0n) is 32.6. The first kappa shape index (κ1) is 18.1. The Morgan fingerprint density at radius 3 is 1.41 bits per heavy atom. The SMILES string of the molecule is [2H]c1c([2H])c([2H])c(-c2cccc(-c3c4ccccc4c(-c4c(-c5ccccc5)cccc4-c4ccccc4)c4c([2H])c([2H])c([2H])c([2H])c34)c2)c([2H])c1[2H]. The Bertz CT molecular complexity index is 2670. The van der Waals surface area contributed by atoms with Gasteiger partial charge < -0.3 is 0 Å². The van der Waals surface area contributed by atoms with Crippen LogP contribution in [-0.2, 0) is 0 Å². The van der Waals surface area contributed by atoms with E-state index in [1.54, 1.807) is 18.2 Å². The highest BCUT2D eigenvalue weighted by atomic mass is 14.2. The normalized spacial score (nSPS) is 14.0. The van der Waals surface area contributed by atoms with Crippen LogP contribution in [0.15, 0.2) is 182 Å². The lowest BCUT2D eigenvalue weighted by Gasteiger charge is -2.22. The van der Waals surface area contributed by atoms with Crippen LogP contribution in [0.1, 0.15) is 12.3 Å². The maximum atomic E-state index is 9.50. The van der Waals surface area contributed by atoms with Crippen molar-refractivity contribution in [3.05, 3.63) is 182 Å². The fourth-order valence-corrected chi connectivity index (χ4v) is 6.20. The lowest BCUT2D eigenvalue weighted by molar-refractivity contribution is 1.58. The minimum atomic E-state index is -0.478. The van der Waals surface area contributed by atoms with E-state index in [0.717, 1.165) is 38.6 Å². The van der Waals surface area contributed by atoms with Crippen LogP contribution in [-0.4, -0.2) is 0 Å². The van der Waals surface area contributed by atoms with Crippen LogP contribution in [0.5, 0.6) is 0 Å². The predicted molar refractivity (Wildman–Crippen MR) is 189 cm³/mol. The van der Waals surface area contributed by atoms with Gasteiger partial charge in [-0.15, -0.1) is 0 Å². The van der Waals surface area contributed by atoms with Crippen LogP contribution in [0.25, 0.3) is 77.2 Å². The monoisotopic (exact) mass is 567 g/mol. The van der Waals surface area contributed by atoms with Crippen LogP contribution < -0.4 is 0 Å². The van der Waals surface area contributed by atoms with E-state index in [0.29, 0.717) is 33.0 Å². The Hall–Kier alpha value is -5.72. The summed E-state index contributed by atoms with van der Waals surface area (Å²) in [6.45, 7) is 0. The molecule has 0 unspecified atom stereocenters. The largest absolute Gasteiger partial charge is 0.0629 e. The zero-order valence-corrected chi connectivity index (χ0v) is 23.6. The van der Waals surface area contributed by atoms with E-state index < -0.39 is 18.1 Å². The van der Waals surface area contributed by atoms with Gasteiger partial charge in [0.05, 0.1) is 12.3 Å². The zero-order chi connectivity index (χ0) is 37.1. The Labute approximate surface area is 271 Å². The molecule has 0 aliphatic heterocycles. The molecule has 0 N–H and O–H groups in total. The average Bonchev–Trinajstić information content (AvgIpc) is 3.20. The number of benzene rings is 8. The summed E-state index contributed by atoms with van der Waals surface area (Å²) >= 11 is 0. The van der Waals surface area contributed by atoms with Crippen LogP contribution in [0.3, 0.4) is 0 Å². The molecule has 0 saturated carbocycles. The molecule has 0 spiro atoms. The van der Waals surface area contributed by atoms with E-state index in [2.05, 4.69) is 0 Å². The maximum Gasteiger partial charge on any atom is 0.0629 e. The van der Waals surface area contributed by atoms with Gasteiger partial charge in [0.1, 0.15) is 0 Å². The standard InChI is InChI=1S/C44H30/c1-4-16-31(17-5-1)34-22-14-23-35(30-34)42-38-24-10-12-26-40(38)44(41-27-13-11-25-39(41)42)43-36(32-18-6-2-7-19-32)28-15-29-37(43)33-20-8-3-9-21-33/h1-30H/i1D,4D,5D,10D,12D,16D,17D,24D,26D. The highest BCUT2D eigenvalue weighted by molar-refractivity contribution is 6.23. The second kappa shape index (κ2) is 11.2. The van der Waals surface area contributed by atoms with Crippen molar-refractivity contribution in [2.75, 3.05) is 0 Å². The Balaban J connectivity index is 1.57. The smallest absolute Gasteiger partial charge is 0.0622 e. The third-order valence-electron chi connectivity index (χ3n) is 8.08. The lowest BCUT2D eigenvalue weighted by atomic mass is 9.81. The van der Waals surface area contributed by atoms with Crippen molar-refractivity contribution < 1.29 is 12.3 Å². The summed E-state index contributed by atoms with van der Waals surface area (Å²) in [5.41, 5.74) is 6.79. The summed E-state index contributed by atoms with van der Waals surface area (Å²) < 4.78 is 78.7. The van der Waals surface area contributed by atoms with Gasteiger partial charge in [0.2, 0.25) is 0 Å². The van der Waals surface area contributed by atoms with Crippen LogP contribution in [0, 0.1) is 0 Å². The summed E-state index contributed by atoms with van der Waals surface area (Å²) in [5, 5.41) is 2.19. The van der Waals surface area contributed by atoms with E-state index in [1.165, 1.54) is 0 Å². The van der Waals surface area contributed by atoms with Crippen molar-refractivity contribution in [2.24, 2.45) is 0 Å². The molecule has 0 bridgehead atoms. The van der Waals surface area contributed by atoms with Gasteiger partial charge in [0.25, 0.3) is 0 Å². The summed E-state index contributed by atoms with van der Waals surface area (Å²) in [5.74, 6) is 0. The minimum absolute atomic E-state index is 0.0503.